The van der Waals surface area contributed by atoms with E-state index in [4.69, 9.17) is 4.74 Å². The smallest absolute Gasteiger partial charge is 0.314 e. The SMILES string of the molecule is CCN(CC)CCCNC(=O)NCCCOc1ccccc1. The predicted octanol–water partition coefficient (Wildman–Crippen LogP) is 2.49. The number of hydrogen-bond acceptors (Lipinski definition) is 3. The van der Waals surface area contributed by atoms with Crippen molar-refractivity contribution in [1.29, 1.82) is 0 Å². The molecule has 0 heterocycles. The molecule has 0 aliphatic rings. The van der Waals surface area contributed by atoms with Gasteiger partial charge in [-0.3, -0.25) is 0 Å². The zero-order chi connectivity index (χ0) is 16.0. The first-order valence-corrected chi connectivity index (χ1v) is 8.18. The molecule has 2 amide bonds. The second kappa shape index (κ2) is 11.9. The highest BCUT2D eigenvalue weighted by Gasteiger charge is 2.01. The Bertz CT molecular complexity index is 394. The molecule has 0 fully saturated rings. The number of amides is 2. The van der Waals surface area contributed by atoms with Crippen molar-refractivity contribution in [3.05, 3.63) is 30.3 Å². The van der Waals surface area contributed by atoms with Crippen molar-refractivity contribution < 1.29 is 9.53 Å². The molecule has 0 aromatic heterocycles. The van der Waals surface area contributed by atoms with Gasteiger partial charge in [0.05, 0.1) is 6.61 Å². The summed E-state index contributed by atoms with van der Waals surface area (Å²) in [6, 6.07) is 9.60. The molecule has 5 heteroatoms. The lowest BCUT2D eigenvalue weighted by molar-refractivity contribution is 0.237. The quantitative estimate of drug-likeness (QED) is 0.618. The molecule has 124 valence electrons. The molecule has 0 aliphatic carbocycles. The van der Waals surface area contributed by atoms with Gasteiger partial charge in [-0.1, -0.05) is 32.0 Å². The minimum atomic E-state index is -0.0979. The standard InChI is InChI=1S/C17H29N3O2/c1-3-20(4-2)14-8-12-18-17(21)19-13-9-15-22-16-10-6-5-7-11-16/h5-7,10-11H,3-4,8-9,12-15H2,1-2H3,(H2,18,19,21). The molecule has 1 rings (SSSR count). The van der Waals surface area contributed by atoms with E-state index >= 15 is 0 Å². The summed E-state index contributed by atoms with van der Waals surface area (Å²) in [4.78, 5) is 13.9. The lowest BCUT2D eigenvalue weighted by atomic mass is 10.3. The molecular weight excluding hydrogens is 278 g/mol. The van der Waals surface area contributed by atoms with Crippen LogP contribution in [0.2, 0.25) is 0 Å². The Labute approximate surface area is 134 Å². The van der Waals surface area contributed by atoms with Crippen LogP contribution in [-0.2, 0) is 0 Å². The van der Waals surface area contributed by atoms with E-state index in [1.807, 2.05) is 30.3 Å². The number of hydrogen-bond donors (Lipinski definition) is 2. The third-order valence-electron chi connectivity index (χ3n) is 3.45. The van der Waals surface area contributed by atoms with E-state index in [1.54, 1.807) is 0 Å². The highest BCUT2D eigenvalue weighted by Crippen LogP contribution is 2.07. The van der Waals surface area contributed by atoms with Gasteiger partial charge in [0.25, 0.3) is 0 Å². The molecule has 22 heavy (non-hydrogen) atoms. The van der Waals surface area contributed by atoms with Crippen LogP contribution < -0.4 is 15.4 Å². The van der Waals surface area contributed by atoms with Gasteiger partial charge in [0.15, 0.2) is 0 Å². The largest absolute Gasteiger partial charge is 0.494 e. The molecule has 0 saturated heterocycles. The molecular formula is C17H29N3O2. The molecule has 0 radical (unpaired) electrons. The lowest BCUT2D eigenvalue weighted by Gasteiger charge is -2.17. The van der Waals surface area contributed by atoms with E-state index in [9.17, 15) is 4.79 Å². The summed E-state index contributed by atoms with van der Waals surface area (Å²) in [6.45, 7) is 9.39. The van der Waals surface area contributed by atoms with Gasteiger partial charge < -0.3 is 20.3 Å². The summed E-state index contributed by atoms with van der Waals surface area (Å²) in [7, 11) is 0. The third-order valence-corrected chi connectivity index (χ3v) is 3.45. The fourth-order valence-corrected chi connectivity index (χ4v) is 2.09. The van der Waals surface area contributed by atoms with Gasteiger partial charge in [0.2, 0.25) is 0 Å². The maximum absolute atomic E-state index is 11.6. The Balaban J connectivity index is 1.95. The van der Waals surface area contributed by atoms with Crippen molar-refractivity contribution in [2.45, 2.75) is 26.7 Å². The molecule has 0 bridgehead atoms. The van der Waals surface area contributed by atoms with Crippen molar-refractivity contribution in [3.8, 4) is 5.75 Å². The summed E-state index contributed by atoms with van der Waals surface area (Å²) in [5.74, 6) is 0.864. The Morgan fingerprint density at radius 3 is 2.32 bits per heavy atom. The fourth-order valence-electron chi connectivity index (χ4n) is 2.09. The zero-order valence-corrected chi connectivity index (χ0v) is 13.8. The Morgan fingerprint density at radius 1 is 1.05 bits per heavy atom. The summed E-state index contributed by atoms with van der Waals surface area (Å²) in [6.07, 6.45) is 1.77. The normalized spacial score (nSPS) is 10.5. The first-order valence-electron chi connectivity index (χ1n) is 8.18. The Kier molecular flexibility index (Phi) is 9.87. The van der Waals surface area contributed by atoms with E-state index in [0.29, 0.717) is 19.7 Å². The van der Waals surface area contributed by atoms with E-state index in [1.165, 1.54) is 0 Å². The Hall–Kier alpha value is -1.75. The number of rotatable bonds is 11. The van der Waals surface area contributed by atoms with Crippen molar-refractivity contribution in [3.63, 3.8) is 0 Å². The average Bonchev–Trinajstić information content (AvgIpc) is 2.55. The van der Waals surface area contributed by atoms with Crippen LogP contribution in [0, 0.1) is 0 Å². The number of benzene rings is 1. The minimum absolute atomic E-state index is 0.0979. The third kappa shape index (κ3) is 8.52. The van der Waals surface area contributed by atoms with Crippen LogP contribution in [0.5, 0.6) is 5.75 Å². The van der Waals surface area contributed by atoms with Crippen molar-refractivity contribution in [2.75, 3.05) is 39.3 Å². The minimum Gasteiger partial charge on any atom is -0.494 e. The highest BCUT2D eigenvalue weighted by atomic mass is 16.5. The van der Waals surface area contributed by atoms with E-state index < -0.39 is 0 Å². The number of nitrogens with zero attached hydrogens (tertiary/aromatic N) is 1. The summed E-state index contributed by atoms with van der Waals surface area (Å²) in [5, 5.41) is 5.72. The first-order chi connectivity index (χ1) is 10.8. The molecule has 0 saturated carbocycles. The highest BCUT2D eigenvalue weighted by molar-refractivity contribution is 5.73. The summed E-state index contributed by atoms with van der Waals surface area (Å²) in [5.41, 5.74) is 0. The topological polar surface area (TPSA) is 53.6 Å². The second-order valence-corrected chi connectivity index (χ2v) is 5.08. The van der Waals surface area contributed by atoms with Crippen LogP contribution in [0.4, 0.5) is 4.79 Å². The van der Waals surface area contributed by atoms with Crippen molar-refractivity contribution >= 4 is 6.03 Å². The lowest BCUT2D eigenvalue weighted by Crippen LogP contribution is -2.38. The number of para-hydroxylation sites is 1. The van der Waals surface area contributed by atoms with Gasteiger partial charge in [-0.2, -0.15) is 0 Å². The molecule has 0 unspecified atom stereocenters. The van der Waals surface area contributed by atoms with Gasteiger partial charge in [0, 0.05) is 13.1 Å². The maximum atomic E-state index is 11.6. The zero-order valence-electron chi connectivity index (χ0n) is 13.8. The number of carbonyl (C=O) groups excluding carboxylic acids is 1. The van der Waals surface area contributed by atoms with Gasteiger partial charge in [-0.15, -0.1) is 0 Å². The van der Waals surface area contributed by atoms with Crippen LogP contribution in [0.15, 0.2) is 30.3 Å². The molecule has 0 aliphatic heterocycles. The predicted molar refractivity (Wildman–Crippen MR) is 90.4 cm³/mol. The number of carbonyl (C=O) groups is 1. The molecule has 2 N–H and O–H groups in total. The molecule has 0 spiro atoms. The van der Waals surface area contributed by atoms with Crippen LogP contribution in [-0.4, -0.2) is 50.3 Å². The van der Waals surface area contributed by atoms with Gasteiger partial charge in [-0.25, -0.2) is 4.79 Å². The van der Waals surface area contributed by atoms with Crippen LogP contribution in [0.3, 0.4) is 0 Å². The number of ether oxygens (including phenoxy) is 1. The summed E-state index contributed by atoms with van der Waals surface area (Å²) >= 11 is 0. The average molecular weight is 307 g/mol. The first kappa shape index (κ1) is 18.3. The van der Waals surface area contributed by atoms with E-state index in [-0.39, 0.29) is 6.03 Å². The van der Waals surface area contributed by atoms with Crippen molar-refractivity contribution in [1.82, 2.24) is 15.5 Å². The monoisotopic (exact) mass is 307 g/mol. The summed E-state index contributed by atoms with van der Waals surface area (Å²) < 4.78 is 5.56. The second-order valence-electron chi connectivity index (χ2n) is 5.08. The van der Waals surface area contributed by atoms with Crippen LogP contribution in [0.1, 0.15) is 26.7 Å². The maximum Gasteiger partial charge on any atom is 0.314 e. The van der Waals surface area contributed by atoms with Gasteiger partial charge >= 0.3 is 6.03 Å². The Morgan fingerprint density at radius 2 is 1.68 bits per heavy atom. The molecule has 1 aromatic carbocycles. The van der Waals surface area contributed by atoms with Crippen LogP contribution >= 0.6 is 0 Å². The number of urea groups is 1. The van der Waals surface area contributed by atoms with E-state index in [2.05, 4.69) is 29.4 Å². The number of nitrogens with one attached hydrogen (secondary N) is 2. The van der Waals surface area contributed by atoms with Gasteiger partial charge in [0.1, 0.15) is 5.75 Å². The molecule has 5 nitrogen and oxygen atoms in total. The fraction of sp³-hybridized carbons (Fsp3) is 0.588. The van der Waals surface area contributed by atoms with Crippen LogP contribution in [0.25, 0.3) is 0 Å². The molecule has 0 atom stereocenters. The van der Waals surface area contributed by atoms with Gasteiger partial charge in [-0.05, 0) is 44.6 Å². The van der Waals surface area contributed by atoms with E-state index in [0.717, 1.165) is 38.2 Å². The van der Waals surface area contributed by atoms with Crippen molar-refractivity contribution in [2.24, 2.45) is 0 Å². The molecule has 1 aromatic rings.